The number of nitrogens with two attached hydrogens (primary N) is 1. The Morgan fingerprint density at radius 1 is 1.24 bits per heavy atom. The molecular weight excluding hydrogens is 440 g/mol. The van der Waals surface area contributed by atoms with Gasteiger partial charge in [0, 0.05) is 34.8 Å². The number of allylic oxidation sites excluding steroid dienone is 3. The second-order valence-corrected chi connectivity index (χ2v) is 9.62. The summed E-state index contributed by atoms with van der Waals surface area (Å²) in [7, 11) is 0. The van der Waals surface area contributed by atoms with Gasteiger partial charge in [-0.2, -0.15) is 5.26 Å². The van der Waals surface area contributed by atoms with Crippen molar-refractivity contribution in [1.29, 1.82) is 5.26 Å². The van der Waals surface area contributed by atoms with Gasteiger partial charge in [-0.25, -0.2) is 0 Å². The highest BCUT2D eigenvalue weighted by molar-refractivity contribution is 6.31. The number of benzene rings is 2. The summed E-state index contributed by atoms with van der Waals surface area (Å²) >= 11 is 6.39. The zero-order chi connectivity index (χ0) is 24.1. The van der Waals surface area contributed by atoms with Gasteiger partial charge >= 0.3 is 0 Å². The molecule has 0 bridgehead atoms. The largest absolute Gasteiger partial charge is 0.384 e. The summed E-state index contributed by atoms with van der Waals surface area (Å²) in [6.45, 7) is 5.89. The molecule has 0 aromatic heterocycles. The summed E-state index contributed by atoms with van der Waals surface area (Å²) < 4.78 is 0. The number of nitro groups is 1. The van der Waals surface area contributed by atoms with Gasteiger partial charge in [-0.3, -0.25) is 19.8 Å². The van der Waals surface area contributed by atoms with Crippen LogP contribution in [-0.4, -0.2) is 10.7 Å². The third-order valence-corrected chi connectivity index (χ3v) is 6.68. The van der Waals surface area contributed by atoms with Crippen molar-refractivity contribution >= 4 is 28.8 Å². The van der Waals surface area contributed by atoms with Crippen LogP contribution in [0.1, 0.15) is 43.7 Å². The molecular formula is C25H23ClN4O3. The highest BCUT2D eigenvalue weighted by atomic mass is 35.5. The summed E-state index contributed by atoms with van der Waals surface area (Å²) in [6, 6.07) is 13.7. The van der Waals surface area contributed by atoms with Crippen molar-refractivity contribution in [1.82, 2.24) is 0 Å². The smallest absolute Gasteiger partial charge is 0.269 e. The third-order valence-electron chi connectivity index (χ3n) is 6.28. The van der Waals surface area contributed by atoms with Crippen LogP contribution in [0.15, 0.2) is 65.1 Å². The number of hydrogen-bond donors (Lipinski definition) is 1. The second-order valence-electron chi connectivity index (χ2n) is 9.22. The molecule has 0 amide bonds. The van der Waals surface area contributed by atoms with Gasteiger partial charge in [-0.05, 0) is 42.0 Å². The lowest BCUT2D eigenvalue weighted by Crippen LogP contribution is -2.42. The molecule has 7 nitrogen and oxygen atoms in total. The Hall–Kier alpha value is -3.63. The Kier molecular flexibility index (Phi) is 5.51. The van der Waals surface area contributed by atoms with Crippen LogP contribution in [0.4, 0.5) is 11.4 Å². The fraction of sp³-hybridized carbons (Fsp3) is 0.280. The van der Waals surface area contributed by atoms with E-state index in [4.69, 9.17) is 17.3 Å². The zero-order valence-electron chi connectivity index (χ0n) is 18.6. The summed E-state index contributed by atoms with van der Waals surface area (Å²) in [5.41, 5.74) is 9.49. The molecule has 0 fully saturated rings. The van der Waals surface area contributed by atoms with E-state index in [2.05, 4.69) is 6.07 Å². The van der Waals surface area contributed by atoms with Crippen molar-refractivity contribution in [3.63, 3.8) is 0 Å². The predicted molar refractivity (Wildman–Crippen MR) is 126 cm³/mol. The molecule has 0 saturated carbocycles. The van der Waals surface area contributed by atoms with Crippen LogP contribution in [0.2, 0.25) is 5.02 Å². The first-order chi connectivity index (χ1) is 15.6. The number of nitrogens with zero attached hydrogens (tertiary/aromatic N) is 3. The summed E-state index contributed by atoms with van der Waals surface area (Å²) in [5.74, 6) is -0.671. The Morgan fingerprint density at radius 2 is 1.94 bits per heavy atom. The average molecular weight is 463 g/mol. The quantitative estimate of drug-likeness (QED) is 0.476. The first-order valence-corrected chi connectivity index (χ1v) is 10.9. The van der Waals surface area contributed by atoms with E-state index in [1.165, 1.54) is 12.1 Å². The molecule has 1 aliphatic heterocycles. The fourth-order valence-corrected chi connectivity index (χ4v) is 4.94. The molecule has 0 saturated heterocycles. The van der Waals surface area contributed by atoms with Gasteiger partial charge in [0.05, 0.1) is 28.2 Å². The molecule has 2 aromatic rings. The van der Waals surface area contributed by atoms with E-state index >= 15 is 0 Å². The van der Waals surface area contributed by atoms with E-state index in [1.807, 2.05) is 26.8 Å². The average Bonchev–Trinajstić information content (AvgIpc) is 2.75. The molecule has 1 heterocycles. The molecule has 33 heavy (non-hydrogen) atoms. The maximum absolute atomic E-state index is 13.5. The lowest BCUT2D eigenvalue weighted by molar-refractivity contribution is -0.384. The number of carbonyl (C=O) groups excluding carboxylic acids is 1. The maximum atomic E-state index is 13.5. The first kappa shape index (κ1) is 22.6. The van der Waals surface area contributed by atoms with Crippen molar-refractivity contribution in [2.75, 3.05) is 4.90 Å². The maximum Gasteiger partial charge on any atom is 0.269 e. The van der Waals surface area contributed by atoms with Crippen molar-refractivity contribution in [3.05, 3.63) is 91.4 Å². The molecule has 0 spiro atoms. The normalized spacial score (nSPS) is 19.9. The number of non-ortho nitro benzene ring substituents is 1. The molecule has 1 aliphatic carbocycles. The molecule has 2 aliphatic rings. The monoisotopic (exact) mass is 462 g/mol. The topological polar surface area (TPSA) is 113 Å². The van der Waals surface area contributed by atoms with E-state index in [1.54, 1.807) is 29.2 Å². The Balaban J connectivity index is 2.04. The number of Topliss-reactive ketones (excluding diaryl/α,β-unsaturated/α-hetero) is 1. The molecule has 0 radical (unpaired) electrons. The zero-order valence-corrected chi connectivity index (χ0v) is 19.3. The third kappa shape index (κ3) is 3.77. The molecule has 168 valence electrons. The van der Waals surface area contributed by atoms with Gasteiger partial charge < -0.3 is 5.73 Å². The van der Waals surface area contributed by atoms with Crippen LogP contribution in [0, 0.1) is 33.8 Å². The highest BCUT2D eigenvalue weighted by Gasteiger charge is 2.45. The van der Waals surface area contributed by atoms with E-state index < -0.39 is 10.8 Å². The predicted octanol–water partition coefficient (Wildman–Crippen LogP) is 5.50. The number of carbonyl (C=O) groups is 1. The number of hydrogen-bond acceptors (Lipinski definition) is 6. The Bertz CT molecular complexity index is 1300. The van der Waals surface area contributed by atoms with Gasteiger partial charge in [0.15, 0.2) is 5.78 Å². The van der Waals surface area contributed by atoms with Crippen molar-refractivity contribution < 1.29 is 9.72 Å². The van der Waals surface area contributed by atoms with E-state index in [0.29, 0.717) is 40.4 Å². The molecule has 8 heteroatoms. The lowest BCUT2D eigenvalue weighted by Gasteiger charge is -2.44. The summed E-state index contributed by atoms with van der Waals surface area (Å²) in [6.07, 6.45) is 0.850. The standard InChI is InChI=1S/C25H23ClN4O3/c1-14-18(26)8-5-9-19(14)29-20-11-25(2,3)12-21(31)23(20)22(17(13-27)24(29)28)15-6-4-7-16(10-15)30(32)33/h4-10,22H,11-12,28H2,1-3H3. The molecule has 4 rings (SSSR count). The number of nitriles is 1. The van der Waals surface area contributed by atoms with Crippen molar-refractivity contribution in [2.45, 2.75) is 39.5 Å². The SMILES string of the molecule is Cc1c(Cl)cccc1N1C(N)=C(C#N)C(c2cccc([N+](=O)[O-])c2)C2=C1CC(C)(C)CC2=O. The van der Waals surface area contributed by atoms with E-state index in [0.717, 1.165) is 5.56 Å². The summed E-state index contributed by atoms with van der Waals surface area (Å²) in [5, 5.41) is 22.1. The van der Waals surface area contributed by atoms with Crippen LogP contribution >= 0.6 is 11.6 Å². The van der Waals surface area contributed by atoms with Gasteiger partial charge in [0.1, 0.15) is 5.82 Å². The molecule has 1 atom stereocenters. The number of halogens is 1. The molecule has 2 N–H and O–H groups in total. The van der Waals surface area contributed by atoms with Crippen LogP contribution in [-0.2, 0) is 4.79 Å². The minimum Gasteiger partial charge on any atom is -0.384 e. The van der Waals surface area contributed by atoms with Gasteiger partial charge in [-0.1, -0.05) is 43.6 Å². The van der Waals surface area contributed by atoms with Crippen LogP contribution in [0.5, 0.6) is 0 Å². The van der Waals surface area contributed by atoms with Crippen LogP contribution in [0.3, 0.4) is 0 Å². The van der Waals surface area contributed by atoms with Crippen LogP contribution < -0.4 is 10.6 Å². The number of nitro benzene ring substituents is 1. The van der Waals surface area contributed by atoms with Crippen molar-refractivity contribution in [2.24, 2.45) is 11.1 Å². The Labute approximate surface area is 196 Å². The van der Waals surface area contributed by atoms with E-state index in [-0.39, 0.29) is 28.3 Å². The molecule has 1 unspecified atom stereocenters. The molecule has 2 aromatic carbocycles. The number of ketones is 1. The fourth-order valence-electron chi connectivity index (χ4n) is 4.77. The van der Waals surface area contributed by atoms with Crippen LogP contribution in [0.25, 0.3) is 0 Å². The van der Waals surface area contributed by atoms with E-state index in [9.17, 15) is 20.2 Å². The number of anilines is 1. The summed E-state index contributed by atoms with van der Waals surface area (Å²) in [4.78, 5) is 26.2. The minimum absolute atomic E-state index is 0.0947. The van der Waals surface area contributed by atoms with Gasteiger partial charge in [0.25, 0.3) is 5.69 Å². The second kappa shape index (κ2) is 8.05. The Morgan fingerprint density at radius 3 is 2.61 bits per heavy atom. The number of rotatable bonds is 3. The van der Waals surface area contributed by atoms with Crippen molar-refractivity contribution in [3.8, 4) is 6.07 Å². The highest BCUT2D eigenvalue weighted by Crippen LogP contribution is 2.51. The van der Waals surface area contributed by atoms with Gasteiger partial charge in [-0.15, -0.1) is 0 Å². The van der Waals surface area contributed by atoms with Gasteiger partial charge in [0.2, 0.25) is 0 Å². The first-order valence-electron chi connectivity index (χ1n) is 10.5. The minimum atomic E-state index is -0.774. The lowest BCUT2D eigenvalue weighted by atomic mass is 9.68.